The monoisotopic (exact) mass is 294 g/mol. The van der Waals surface area contributed by atoms with Crippen molar-refractivity contribution in [2.75, 3.05) is 11.9 Å². The maximum atomic E-state index is 12.2. The minimum atomic E-state index is -0.144. The number of halogens is 1. The highest BCUT2D eigenvalue weighted by Crippen LogP contribution is 2.19. The fourth-order valence-corrected chi connectivity index (χ4v) is 2.12. The molecule has 0 atom stereocenters. The van der Waals surface area contributed by atoms with Crippen molar-refractivity contribution in [1.82, 2.24) is 4.57 Å². The molecule has 0 saturated carbocycles. The topological polar surface area (TPSA) is 42.3 Å². The molecule has 5 heteroatoms. The Labute approximate surface area is 107 Å². The Hall–Kier alpha value is -1.62. The molecule has 17 heavy (non-hydrogen) atoms. The molecule has 1 amide bonds. The van der Waals surface area contributed by atoms with Crippen molar-refractivity contribution in [3.05, 3.63) is 39.1 Å². The van der Waals surface area contributed by atoms with E-state index in [2.05, 4.69) is 15.9 Å². The zero-order chi connectivity index (χ0) is 12.6. The molecule has 0 radical (unpaired) electrons. The summed E-state index contributed by atoms with van der Waals surface area (Å²) in [4.78, 5) is 24.2. The fraction of sp³-hybridized carbons (Fsp3) is 0.167. The Balaban J connectivity index is 2.87. The van der Waals surface area contributed by atoms with Crippen LogP contribution in [0.25, 0.3) is 10.9 Å². The SMILES string of the molecule is CN(C=O)c1cn(C)c2ccc(Br)cc2c1=O. The number of anilines is 1. The van der Waals surface area contributed by atoms with E-state index in [4.69, 9.17) is 0 Å². The highest BCUT2D eigenvalue weighted by atomic mass is 79.9. The van der Waals surface area contributed by atoms with E-state index in [1.165, 1.54) is 4.90 Å². The molecular weight excluding hydrogens is 284 g/mol. The summed E-state index contributed by atoms with van der Waals surface area (Å²) in [6.07, 6.45) is 2.29. The molecular formula is C12H11BrN2O2. The van der Waals surface area contributed by atoms with Gasteiger partial charge in [0.25, 0.3) is 0 Å². The minimum Gasteiger partial charge on any atom is -0.348 e. The molecule has 88 valence electrons. The van der Waals surface area contributed by atoms with Gasteiger partial charge in [-0.15, -0.1) is 0 Å². The number of rotatable bonds is 2. The van der Waals surface area contributed by atoms with Crippen LogP contribution in [0.5, 0.6) is 0 Å². The molecule has 0 aliphatic rings. The zero-order valence-corrected chi connectivity index (χ0v) is 11.1. The smallest absolute Gasteiger partial charge is 0.214 e. The van der Waals surface area contributed by atoms with Gasteiger partial charge in [-0.1, -0.05) is 15.9 Å². The third-order valence-corrected chi connectivity index (χ3v) is 3.16. The van der Waals surface area contributed by atoms with Crippen molar-refractivity contribution in [1.29, 1.82) is 0 Å². The number of nitrogens with zero attached hydrogens (tertiary/aromatic N) is 2. The number of fused-ring (bicyclic) bond motifs is 1. The van der Waals surface area contributed by atoms with Gasteiger partial charge in [0.2, 0.25) is 11.8 Å². The van der Waals surface area contributed by atoms with E-state index < -0.39 is 0 Å². The maximum absolute atomic E-state index is 12.2. The van der Waals surface area contributed by atoms with Gasteiger partial charge in [0.1, 0.15) is 5.69 Å². The zero-order valence-electron chi connectivity index (χ0n) is 9.48. The Morgan fingerprint density at radius 1 is 1.41 bits per heavy atom. The van der Waals surface area contributed by atoms with E-state index >= 15 is 0 Å². The first-order valence-electron chi connectivity index (χ1n) is 5.01. The number of amides is 1. The lowest BCUT2D eigenvalue weighted by Gasteiger charge is -2.13. The molecule has 0 fully saturated rings. The average Bonchev–Trinajstić information content (AvgIpc) is 2.32. The predicted molar refractivity (Wildman–Crippen MR) is 71.4 cm³/mol. The molecule has 0 unspecified atom stereocenters. The molecule has 0 aliphatic carbocycles. The number of hydrogen-bond donors (Lipinski definition) is 0. The quantitative estimate of drug-likeness (QED) is 0.794. The Morgan fingerprint density at radius 3 is 2.76 bits per heavy atom. The summed E-state index contributed by atoms with van der Waals surface area (Å²) in [5.41, 5.74) is 1.06. The maximum Gasteiger partial charge on any atom is 0.214 e. The van der Waals surface area contributed by atoms with Crippen LogP contribution in [0.15, 0.2) is 33.7 Å². The number of aromatic nitrogens is 1. The first-order valence-corrected chi connectivity index (χ1v) is 5.81. The van der Waals surface area contributed by atoms with Gasteiger partial charge in [0.15, 0.2) is 0 Å². The minimum absolute atomic E-state index is 0.144. The van der Waals surface area contributed by atoms with E-state index in [-0.39, 0.29) is 5.43 Å². The number of pyridine rings is 1. The molecule has 0 saturated heterocycles. The molecule has 0 N–H and O–H groups in total. The van der Waals surface area contributed by atoms with E-state index in [1.807, 2.05) is 23.7 Å². The Morgan fingerprint density at radius 2 is 2.12 bits per heavy atom. The van der Waals surface area contributed by atoms with Gasteiger partial charge in [-0.3, -0.25) is 9.59 Å². The van der Waals surface area contributed by atoms with Crippen molar-refractivity contribution in [3.8, 4) is 0 Å². The Kier molecular flexibility index (Phi) is 3.02. The van der Waals surface area contributed by atoms with Crippen LogP contribution in [0, 0.1) is 0 Å². The van der Waals surface area contributed by atoms with Gasteiger partial charge in [0, 0.05) is 30.2 Å². The van der Waals surface area contributed by atoms with Crippen LogP contribution in [0.3, 0.4) is 0 Å². The van der Waals surface area contributed by atoms with Crippen LogP contribution in [-0.2, 0) is 11.8 Å². The summed E-state index contributed by atoms with van der Waals surface area (Å²) in [6, 6.07) is 5.51. The lowest BCUT2D eigenvalue weighted by atomic mass is 10.2. The Bertz CT molecular complexity index is 649. The number of benzene rings is 1. The molecule has 1 aromatic heterocycles. The second kappa shape index (κ2) is 4.33. The van der Waals surface area contributed by atoms with Crippen LogP contribution >= 0.6 is 15.9 Å². The van der Waals surface area contributed by atoms with E-state index in [9.17, 15) is 9.59 Å². The molecule has 2 aromatic rings. The third kappa shape index (κ3) is 1.98. The first kappa shape index (κ1) is 11.9. The predicted octanol–water partition coefficient (Wildman–Crippen LogP) is 1.89. The van der Waals surface area contributed by atoms with Crippen LogP contribution in [0.2, 0.25) is 0 Å². The summed E-state index contributed by atoms with van der Waals surface area (Å²) in [5.74, 6) is 0. The van der Waals surface area contributed by atoms with Gasteiger partial charge in [0.05, 0.1) is 5.52 Å². The summed E-state index contributed by atoms with van der Waals surface area (Å²) in [6.45, 7) is 0. The van der Waals surface area contributed by atoms with Crippen molar-refractivity contribution < 1.29 is 4.79 Å². The molecule has 1 aromatic carbocycles. The molecule has 1 heterocycles. The highest BCUT2D eigenvalue weighted by molar-refractivity contribution is 9.10. The van der Waals surface area contributed by atoms with Crippen molar-refractivity contribution >= 4 is 38.9 Å². The van der Waals surface area contributed by atoms with Crippen molar-refractivity contribution in [3.63, 3.8) is 0 Å². The second-order valence-corrected chi connectivity index (χ2v) is 4.75. The summed E-state index contributed by atoms with van der Waals surface area (Å²) < 4.78 is 2.67. The lowest BCUT2D eigenvalue weighted by molar-refractivity contribution is -0.107. The largest absolute Gasteiger partial charge is 0.348 e. The van der Waals surface area contributed by atoms with Crippen LogP contribution in [0.4, 0.5) is 5.69 Å². The lowest BCUT2D eigenvalue weighted by Crippen LogP contribution is -2.23. The molecule has 0 spiro atoms. The number of aryl methyl sites for hydroxylation is 1. The van der Waals surface area contributed by atoms with E-state index in [1.54, 1.807) is 19.3 Å². The summed E-state index contributed by atoms with van der Waals surface area (Å²) >= 11 is 3.34. The first-order chi connectivity index (χ1) is 8.04. The van der Waals surface area contributed by atoms with Crippen LogP contribution in [0.1, 0.15) is 0 Å². The van der Waals surface area contributed by atoms with Gasteiger partial charge < -0.3 is 9.47 Å². The second-order valence-electron chi connectivity index (χ2n) is 3.83. The third-order valence-electron chi connectivity index (χ3n) is 2.67. The molecule has 0 aliphatic heterocycles. The number of carbonyl (C=O) groups is 1. The number of hydrogen-bond acceptors (Lipinski definition) is 2. The van der Waals surface area contributed by atoms with Gasteiger partial charge in [-0.2, -0.15) is 0 Å². The van der Waals surface area contributed by atoms with Gasteiger partial charge in [-0.25, -0.2) is 0 Å². The molecule has 4 nitrogen and oxygen atoms in total. The van der Waals surface area contributed by atoms with Gasteiger partial charge >= 0.3 is 0 Å². The van der Waals surface area contributed by atoms with Gasteiger partial charge in [-0.05, 0) is 18.2 Å². The average molecular weight is 295 g/mol. The number of carbonyl (C=O) groups excluding carboxylic acids is 1. The highest BCUT2D eigenvalue weighted by Gasteiger charge is 2.10. The fourth-order valence-electron chi connectivity index (χ4n) is 1.76. The van der Waals surface area contributed by atoms with Crippen LogP contribution < -0.4 is 10.3 Å². The summed E-state index contributed by atoms with van der Waals surface area (Å²) in [7, 11) is 3.41. The molecule has 2 rings (SSSR count). The van der Waals surface area contributed by atoms with Crippen LogP contribution in [-0.4, -0.2) is 18.0 Å². The normalized spacial score (nSPS) is 10.5. The van der Waals surface area contributed by atoms with E-state index in [0.717, 1.165) is 9.99 Å². The van der Waals surface area contributed by atoms with Crippen molar-refractivity contribution in [2.24, 2.45) is 7.05 Å². The standard InChI is InChI=1S/C12H11BrN2O2/c1-14-6-11(15(2)7-16)12(17)9-5-8(13)3-4-10(9)14/h3-7H,1-2H3. The summed E-state index contributed by atoms with van der Waals surface area (Å²) in [5, 5.41) is 0.591. The molecule has 0 bridgehead atoms. The van der Waals surface area contributed by atoms with E-state index in [0.29, 0.717) is 17.5 Å². The van der Waals surface area contributed by atoms with Crippen molar-refractivity contribution in [2.45, 2.75) is 0 Å².